The van der Waals surface area contributed by atoms with Crippen LogP contribution in [0.5, 0.6) is 0 Å². The van der Waals surface area contributed by atoms with Gasteiger partial charge in [-0.1, -0.05) is 18.2 Å². The Bertz CT molecular complexity index is 465. The largest absolute Gasteiger partial charge is 0.341 e. The van der Waals surface area contributed by atoms with E-state index in [-0.39, 0.29) is 12.4 Å². The average molecular weight is 267 g/mol. The number of carbonyl (C=O) groups is 2. The molecule has 0 fully saturated rings. The predicted octanol–water partition coefficient (Wildman–Crippen LogP) is 1.10. The van der Waals surface area contributed by atoms with E-state index in [0.29, 0.717) is 5.56 Å². The lowest BCUT2D eigenvalue weighted by Gasteiger charge is -2.23. The number of rotatable bonds is 4. The van der Waals surface area contributed by atoms with Crippen LogP contribution in [0.25, 0.3) is 0 Å². The fraction of sp³-hybridized carbons (Fsp3) is 0.385. The number of nitrogens with zero attached hydrogens (tertiary/aromatic N) is 1. The number of amides is 3. The summed E-state index contributed by atoms with van der Waals surface area (Å²) in [4.78, 5) is 24.4. The molecular weight excluding hydrogens is 249 g/mol. The van der Waals surface area contributed by atoms with Crippen LogP contribution in [0.15, 0.2) is 24.3 Å². The lowest BCUT2D eigenvalue weighted by atomic mass is 10.1. The second-order valence-electron chi connectivity index (χ2n) is 4.25. The van der Waals surface area contributed by atoms with Crippen LogP contribution in [0.2, 0.25) is 0 Å². The number of imide groups is 1. The maximum Gasteiger partial charge on any atom is 0.321 e. The van der Waals surface area contributed by atoms with Gasteiger partial charge in [0.1, 0.15) is 5.82 Å². The van der Waals surface area contributed by atoms with Crippen molar-refractivity contribution >= 4 is 11.9 Å². The van der Waals surface area contributed by atoms with Crippen LogP contribution in [0, 0.1) is 5.82 Å². The standard InChI is InChI=1S/C13H18FN3O2/c1-9(12(18)16-13(19)15-2)17(3)8-10-6-4-5-7-11(10)14/h4-7,9H,8H2,1-3H3,(H2,15,16,18,19)/t9-/m0/s1. The van der Waals surface area contributed by atoms with E-state index in [2.05, 4.69) is 10.6 Å². The van der Waals surface area contributed by atoms with E-state index in [9.17, 15) is 14.0 Å². The molecule has 3 amide bonds. The second-order valence-corrected chi connectivity index (χ2v) is 4.25. The predicted molar refractivity (Wildman–Crippen MR) is 69.9 cm³/mol. The summed E-state index contributed by atoms with van der Waals surface area (Å²) in [6.45, 7) is 1.94. The van der Waals surface area contributed by atoms with Crippen molar-refractivity contribution in [2.75, 3.05) is 14.1 Å². The summed E-state index contributed by atoms with van der Waals surface area (Å²) >= 11 is 0. The summed E-state index contributed by atoms with van der Waals surface area (Å²) in [7, 11) is 3.12. The van der Waals surface area contributed by atoms with Gasteiger partial charge in [0.25, 0.3) is 0 Å². The molecule has 0 saturated heterocycles. The van der Waals surface area contributed by atoms with Gasteiger partial charge in [0.15, 0.2) is 0 Å². The van der Waals surface area contributed by atoms with Crippen molar-refractivity contribution in [3.63, 3.8) is 0 Å². The molecule has 0 aromatic heterocycles. The number of likely N-dealkylation sites (N-methyl/N-ethyl adjacent to an activating group) is 1. The highest BCUT2D eigenvalue weighted by molar-refractivity contribution is 5.96. The smallest absolute Gasteiger partial charge is 0.321 e. The molecular formula is C13H18FN3O2. The molecule has 6 heteroatoms. The topological polar surface area (TPSA) is 61.4 Å². The van der Waals surface area contributed by atoms with E-state index in [1.54, 1.807) is 37.1 Å². The molecule has 1 aromatic rings. The van der Waals surface area contributed by atoms with Crippen LogP contribution < -0.4 is 10.6 Å². The van der Waals surface area contributed by atoms with Gasteiger partial charge < -0.3 is 5.32 Å². The highest BCUT2D eigenvalue weighted by atomic mass is 19.1. The van der Waals surface area contributed by atoms with Gasteiger partial charge in [-0.05, 0) is 20.0 Å². The quantitative estimate of drug-likeness (QED) is 0.859. The number of benzene rings is 1. The van der Waals surface area contributed by atoms with Crippen molar-refractivity contribution < 1.29 is 14.0 Å². The van der Waals surface area contributed by atoms with Crippen molar-refractivity contribution in [1.29, 1.82) is 0 Å². The van der Waals surface area contributed by atoms with Gasteiger partial charge in [-0.25, -0.2) is 9.18 Å². The lowest BCUT2D eigenvalue weighted by molar-refractivity contribution is -0.124. The van der Waals surface area contributed by atoms with Gasteiger partial charge in [-0.2, -0.15) is 0 Å². The van der Waals surface area contributed by atoms with E-state index < -0.39 is 18.0 Å². The molecule has 0 aliphatic rings. The molecule has 0 aliphatic carbocycles. The molecule has 104 valence electrons. The average Bonchev–Trinajstić information content (AvgIpc) is 2.40. The van der Waals surface area contributed by atoms with E-state index in [1.807, 2.05) is 0 Å². The third kappa shape index (κ3) is 4.33. The molecule has 0 radical (unpaired) electrons. The minimum Gasteiger partial charge on any atom is -0.341 e. The van der Waals surface area contributed by atoms with Crippen molar-refractivity contribution in [2.24, 2.45) is 0 Å². The Kier molecular flexibility index (Phi) is 5.44. The normalized spacial score (nSPS) is 12.1. The monoisotopic (exact) mass is 267 g/mol. The number of carbonyl (C=O) groups excluding carboxylic acids is 2. The molecule has 5 nitrogen and oxygen atoms in total. The second kappa shape index (κ2) is 6.84. The summed E-state index contributed by atoms with van der Waals surface area (Å²) in [5.41, 5.74) is 0.504. The van der Waals surface area contributed by atoms with Crippen LogP contribution >= 0.6 is 0 Å². The van der Waals surface area contributed by atoms with E-state index in [4.69, 9.17) is 0 Å². The van der Waals surface area contributed by atoms with Gasteiger partial charge in [0.05, 0.1) is 6.04 Å². The Morgan fingerprint density at radius 1 is 1.37 bits per heavy atom. The molecule has 0 aliphatic heterocycles. The Labute approximate surface area is 111 Å². The first-order chi connectivity index (χ1) is 8.95. The summed E-state index contributed by atoms with van der Waals surface area (Å²) in [6.07, 6.45) is 0. The summed E-state index contributed by atoms with van der Waals surface area (Å²) in [6, 6.07) is 5.28. The van der Waals surface area contributed by atoms with Crippen LogP contribution in [0.1, 0.15) is 12.5 Å². The lowest BCUT2D eigenvalue weighted by Crippen LogP contribution is -2.47. The minimum absolute atomic E-state index is 0.287. The molecule has 19 heavy (non-hydrogen) atoms. The minimum atomic E-state index is -0.559. The highest BCUT2D eigenvalue weighted by Gasteiger charge is 2.20. The maximum atomic E-state index is 13.5. The van der Waals surface area contributed by atoms with Gasteiger partial charge in [-0.3, -0.25) is 15.0 Å². The molecule has 0 bridgehead atoms. The zero-order valence-electron chi connectivity index (χ0n) is 11.2. The number of halogens is 1. The van der Waals surface area contributed by atoms with Crippen LogP contribution in [0.4, 0.5) is 9.18 Å². The Morgan fingerprint density at radius 2 is 2.00 bits per heavy atom. The fourth-order valence-electron chi connectivity index (χ4n) is 1.51. The Balaban J connectivity index is 2.62. The molecule has 1 atom stereocenters. The van der Waals surface area contributed by atoms with Crippen molar-refractivity contribution in [3.05, 3.63) is 35.6 Å². The maximum absolute atomic E-state index is 13.5. The molecule has 2 N–H and O–H groups in total. The Hall–Kier alpha value is -1.95. The number of nitrogens with one attached hydrogen (secondary N) is 2. The van der Waals surface area contributed by atoms with E-state index in [0.717, 1.165) is 0 Å². The molecule has 0 spiro atoms. The zero-order chi connectivity index (χ0) is 14.4. The van der Waals surface area contributed by atoms with Crippen LogP contribution in [0.3, 0.4) is 0 Å². The molecule has 1 rings (SSSR count). The molecule has 0 unspecified atom stereocenters. The van der Waals surface area contributed by atoms with Gasteiger partial charge in [-0.15, -0.1) is 0 Å². The van der Waals surface area contributed by atoms with Crippen LogP contribution in [-0.4, -0.2) is 37.0 Å². The summed E-state index contributed by atoms with van der Waals surface area (Å²) < 4.78 is 13.5. The molecule has 0 heterocycles. The van der Waals surface area contributed by atoms with Crippen molar-refractivity contribution in [2.45, 2.75) is 19.5 Å². The third-order valence-electron chi connectivity index (χ3n) is 2.88. The summed E-state index contributed by atoms with van der Waals surface area (Å²) in [5.74, 6) is -0.744. The Morgan fingerprint density at radius 3 is 2.58 bits per heavy atom. The first-order valence-corrected chi connectivity index (χ1v) is 5.92. The SMILES string of the molecule is CNC(=O)NC(=O)[C@H](C)N(C)Cc1ccccc1F. The van der Waals surface area contributed by atoms with Gasteiger partial charge in [0, 0.05) is 19.2 Å². The van der Waals surface area contributed by atoms with Crippen LogP contribution in [-0.2, 0) is 11.3 Å². The summed E-state index contributed by atoms with van der Waals surface area (Å²) in [5, 5.41) is 4.49. The van der Waals surface area contributed by atoms with Crippen molar-refractivity contribution in [3.8, 4) is 0 Å². The molecule has 0 saturated carbocycles. The first-order valence-electron chi connectivity index (χ1n) is 5.92. The zero-order valence-corrected chi connectivity index (χ0v) is 11.2. The fourth-order valence-corrected chi connectivity index (χ4v) is 1.51. The van der Waals surface area contributed by atoms with E-state index in [1.165, 1.54) is 13.1 Å². The number of hydrogen-bond donors (Lipinski definition) is 2. The molecule has 1 aromatic carbocycles. The number of hydrogen-bond acceptors (Lipinski definition) is 3. The highest BCUT2D eigenvalue weighted by Crippen LogP contribution is 2.10. The van der Waals surface area contributed by atoms with Crippen molar-refractivity contribution in [1.82, 2.24) is 15.5 Å². The third-order valence-corrected chi connectivity index (χ3v) is 2.88. The van der Waals surface area contributed by atoms with Gasteiger partial charge in [0.2, 0.25) is 5.91 Å². The van der Waals surface area contributed by atoms with Gasteiger partial charge >= 0.3 is 6.03 Å². The first kappa shape index (κ1) is 15.1. The van der Waals surface area contributed by atoms with E-state index >= 15 is 0 Å². The number of urea groups is 1.